The molecule has 2 aliphatic rings. The van der Waals surface area contributed by atoms with Gasteiger partial charge in [0, 0.05) is 32.2 Å². The number of ether oxygens (including phenoxy) is 1. The van der Waals surface area contributed by atoms with E-state index >= 15 is 0 Å². The largest absolute Gasteiger partial charge is 0.481 e. The molecule has 2 rings (SSSR count). The van der Waals surface area contributed by atoms with Crippen molar-refractivity contribution in [1.82, 2.24) is 15.1 Å². The second-order valence-electron chi connectivity index (χ2n) is 9.79. The molecule has 10 heteroatoms. The molecule has 0 spiro atoms. The lowest BCUT2D eigenvalue weighted by Gasteiger charge is -2.33. The van der Waals surface area contributed by atoms with Gasteiger partial charge in [0.25, 0.3) is 0 Å². The molecule has 33 heavy (non-hydrogen) atoms. The number of carbonyl (C=O) groups is 4. The molecule has 0 aromatic rings. The van der Waals surface area contributed by atoms with Crippen molar-refractivity contribution in [2.24, 2.45) is 11.8 Å². The van der Waals surface area contributed by atoms with E-state index in [1.165, 1.54) is 0 Å². The van der Waals surface area contributed by atoms with Crippen molar-refractivity contribution in [1.29, 1.82) is 0 Å². The first-order valence-electron chi connectivity index (χ1n) is 11.4. The van der Waals surface area contributed by atoms with Crippen molar-refractivity contribution in [2.75, 3.05) is 26.2 Å². The zero-order valence-corrected chi connectivity index (χ0v) is 20.9. The third kappa shape index (κ3) is 10.0. The highest BCUT2D eigenvalue weighted by molar-refractivity contribution is 5.88. The summed E-state index contributed by atoms with van der Waals surface area (Å²) < 4.78 is 5.41. The molecule has 2 saturated heterocycles. The topological polar surface area (TPSA) is 116 Å². The smallest absolute Gasteiger partial charge is 0.410 e. The molecule has 0 radical (unpaired) electrons. The highest BCUT2D eigenvalue weighted by atomic mass is 35.5. The first kappa shape index (κ1) is 28.7. The molecule has 0 bridgehead atoms. The minimum Gasteiger partial charge on any atom is -0.481 e. The van der Waals surface area contributed by atoms with Crippen molar-refractivity contribution < 1.29 is 29.0 Å². The number of hydrogen-bond donors (Lipinski definition) is 2. The summed E-state index contributed by atoms with van der Waals surface area (Å²) in [6.45, 7) is 9.33. The van der Waals surface area contributed by atoms with Gasteiger partial charge in [-0.1, -0.05) is 6.08 Å². The van der Waals surface area contributed by atoms with Gasteiger partial charge in [0.15, 0.2) is 0 Å². The molecule has 0 saturated carbocycles. The maximum atomic E-state index is 12.7. The predicted molar refractivity (Wildman–Crippen MR) is 126 cm³/mol. The highest BCUT2D eigenvalue weighted by Gasteiger charge is 2.29. The highest BCUT2D eigenvalue weighted by Crippen LogP contribution is 2.22. The Morgan fingerprint density at radius 1 is 1.09 bits per heavy atom. The molecular weight excluding hydrogens is 450 g/mol. The van der Waals surface area contributed by atoms with Crippen LogP contribution in [0.15, 0.2) is 12.2 Å². The summed E-state index contributed by atoms with van der Waals surface area (Å²) in [5.41, 5.74) is -0.516. The number of piperidine rings is 2. The lowest BCUT2D eigenvalue weighted by Crippen LogP contribution is -2.47. The van der Waals surface area contributed by atoms with E-state index in [0.717, 1.165) is 19.3 Å². The van der Waals surface area contributed by atoms with E-state index in [9.17, 15) is 19.2 Å². The Labute approximate surface area is 202 Å². The second kappa shape index (κ2) is 12.8. The summed E-state index contributed by atoms with van der Waals surface area (Å²) in [6, 6.07) is -0.447. The molecule has 2 heterocycles. The predicted octanol–water partition coefficient (Wildman–Crippen LogP) is 2.83. The summed E-state index contributed by atoms with van der Waals surface area (Å²) in [4.78, 5) is 51.4. The molecule has 0 aromatic carbocycles. The van der Waals surface area contributed by atoms with Gasteiger partial charge in [0.05, 0.1) is 12.3 Å². The summed E-state index contributed by atoms with van der Waals surface area (Å²) in [5, 5.41) is 11.6. The molecule has 0 aromatic heterocycles. The van der Waals surface area contributed by atoms with Crippen LogP contribution in [0.3, 0.4) is 0 Å². The fourth-order valence-corrected chi connectivity index (χ4v) is 3.99. The number of halogens is 1. The molecule has 2 N–H and O–H groups in total. The normalized spacial score (nSPS) is 20.7. The fourth-order valence-electron chi connectivity index (χ4n) is 3.99. The third-order valence-electron chi connectivity index (χ3n) is 5.68. The van der Waals surface area contributed by atoms with Crippen molar-refractivity contribution in [3.63, 3.8) is 0 Å². The summed E-state index contributed by atoms with van der Waals surface area (Å²) >= 11 is 0. The molecule has 3 amide bonds. The average molecular weight is 488 g/mol. The number of nitrogens with one attached hydrogen (secondary N) is 1. The van der Waals surface area contributed by atoms with E-state index in [-0.39, 0.29) is 48.6 Å². The third-order valence-corrected chi connectivity index (χ3v) is 5.68. The van der Waals surface area contributed by atoms with Crippen LogP contribution < -0.4 is 5.32 Å². The fraction of sp³-hybridized carbons (Fsp3) is 0.739. The molecule has 2 aliphatic heterocycles. The number of carbonyl (C=O) groups excluding carboxylic acids is 3. The zero-order chi connectivity index (χ0) is 23.9. The Balaban J connectivity index is 0.00000544. The van der Waals surface area contributed by atoms with Crippen LogP contribution in [-0.2, 0) is 19.1 Å². The first-order valence-corrected chi connectivity index (χ1v) is 11.4. The van der Waals surface area contributed by atoms with Crippen LogP contribution in [0, 0.1) is 11.8 Å². The van der Waals surface area contributed by atoms with Gasteiger partial charge in [-0.3, -0.25) is 14.4 Å². The SMILES string of the molecule is C[C@H](CC(=O)O)NC(=O)[C@@H]1CCCN(C(=O)/C=C/C2CCN(C(=O)OC(C)(C)C)CC2)C1.Cl. The van der Waals surface area contributed by atoms with Crippen LogP contribution in [0.5, 0.6) is 0 Å². The number of rotatable bonds is 6. The Kier molecular flexibility index (Phi) is 11.2. The van der Waals surface area contributed by atoms with Gasteiger partial charge in [-0.05, 0) is 65.4 Å². The molecule has 0 aliphatic carbocycles. The van der Waals surface area contributed by atoms with Gasteiger partial charge in [-0.2, -0.15) is 0 Å². The molecule has 9 nitrogen and oxygen atoms in total. The van der Waals surface area contributed by atoms with E-state index < -0.39 is 17.6 Å². The monoisotopic (exact) mass is 487 g/mol. The number of nitrogens with zero attached hydrogens (tertiary/aromatic N) is 2. The van der Waals surface area contributed by atoms with Crippen LogP contribution in [0.4, 0.5) is 4.79 Å². The Bertz CT molecular complexity index is 728. The lowest BCUT2D eigenvalue weighted by atomic mass is 9.95. The summed E-state index contributed by atoms with van der Waals surface area (Å²) in [5.74, 6) is -1.38. The summed E-state index contributed by atoms with van der Waals surface area (Å²) in [6.07, 6.45) is 6.03. The van der Waals surface area contributed by atoms with E-state index in [0.29, 0.717) is 32.6 Å². The van der Waals surface area contributed by atoms with Crippen LogP contribution in [0.25, 0.3) is 0 Å². The van der Waals surface area contributed by atoms with Gasteiger partial charge in [0.1, 0.15) is 5.60 Å². The summed E-state index contributed by atoms with van der Waals surface area (Å²) in [7, 11) is 0. The number of carboxylic acids is 1. The number of likely N-dealkylation sites (tertiary alicyclic amines) is 2. The van der Waals surface area contributed by atoms with Crippen molar-refractivity contribution in [2.45, 2.75) is 71.4 Å². The van der Waals surface area contributed by atoms with Crippen LogP contribution in [0.1, 0.15) is 59.8 Å². The number of aliphatic carboxylic acids is 1. The Hall–Kier alpha value is -2.29. The van der Waals surface area contributed by atoms with Gasteiger partial charge in [0.2, 0.25) is 11.8 Å². The van der Waals surface area contributed by atoms with E-state index in [4.69, 9.17) is 9.84 Å². The number of amides is 3. The van der Waals surface area contributed by atoms with Gasteiger partial charge in [-0.15, -0.1) is 12.4 Å². The standard InChI is InChI=1S/C23H37N3O6.ClH/c1-16(14-20(28)29)24-21(30)18-6-5-11-26(15-18)19(27)8-7-17-9-12-25(13-10-17)22(31)32-23(2,3)4;/h7-8,16-18H,5-6,9-15H2,1-4H3,(H,24,30)(H,28,29);1H/b8-7+;/t16-,18-;/m1./s1. The Morgan fingerprint density at radius 2 is 1.73 bits per heavy atom. The number of allylic oxidation sites excluding steroid dienone is 1. The van der Waals surface area contributed by atoms with Crippen molar-refractivity contribution in [3.05, 3.63) is 12.2 Å². The maximum Gasteiger partial charge on any atom is 0.410 e. The number of hydrogen-bond acceptors (Lipinski definition) is 5. The molecule has 2 atom stereocenters. The Morgan fingerprint density at radius 3 is 2.30 bits per heavy atom. The second-order valence-corrected chi connectivity index (χ2v) is 9.79. The van der Waals surface area contributed by atoms with Gasteiger partial charge < -0.3 is 25.0 Å². The van der Waals surface area contributed by atoms with Crippen LogP contribution in [-0.4, -0.2) is 76.6 Å². The molecule has 188 valence electrons. The number of carboxylic acid groups (broad SMARTS) is 1. The van der Waals surface area contributed by atoms with Crippen LogP contribution >= 0.6 is 12.4 Å². The van der Waals surface area contributed by atoms with E-state index in [1.54, 1.807) is 22.8 Å². The maximum absolute atomic E-state index is 12.7. The minimum absolute atomic E-state index is 0. The zero-order valence-electron chi connectivity index (χ0n) is 20.0. The van der Waals surface area contributed by atoms with Gasteiger partial charge in [-0.25, -0.2) is 4.79 Å². The quantitative estimate of drug-likeness (QED) is 0.556. The van der Waals surface area contributed by atoms with Crippen LogP contribution in [0.2, 0.25) is 0 Å². The first-order chi connectivity index (χ1) is 14.9. The van der Waals surface area contributed by atoms with E-state index in [2.05, 4.69) is 5.32 Å². The average Bonchev–Trinajstić information content (AvgIpc) is 2.70. The van der Waals surface area contributed by atoms with E-state index in [1.807, 2.05) is 26.8 Å². The lowest BCUT2D eigenvalue weighted by molar-refractivity contribution is -0.137. The van der Waals surface area contributed by atoms with Crippen molar-refractivity contribution >= 4 is 36.3 Å². The van der Waals surface area contributed by atoms with Gasteiger partial charge >= 0.3 is 12.1 Å². The van der Waals surface area contributed by atoms with Crippen molar-refractivity contribution in [3.8, 4) is 0 Å². The molecule has 0 unspecified atom stereocenters. The molecular formula is C23H38ClN3O6. The minimum atomic E-state index is -0.958. The molecule has 2 fully saturated rings.